The van der Waals surface area contributed by atoms with E-state index in [0.29, 0.717) is 55.7 Å². The molecular weight excluding hydrogens is 502 g/mol. The number of methoxy groups -OCH3 is 3. The summed E-state index contributed by atoms with van der Waals surface area (Å²) < 4.78 is 21.9. The largest absolute Gasteiger partial charge is 0.493 e. The van der Waals surface area contributed by atoms with Crippen molar-refractivity contribution in [3.63, 3.8) is 0 Å². The molecule has 1 atom stereocenters. The summed E-state index contributed by atoms with van der Waals surface area (Å²) in [5, 5.41) is 2.75. The number of aromatic nitrogens is 2. The molecule has 0 radical (unpaired) electrons. The van der Waals surface area contributed by atoms with Gasteiger partial charge in [-0.2, -0.15) is 0 Å². The average Bonchev–Trinajstić information content (AvgIpc) is 3.49. The van der Waals surface area contributed by atoms with E-state index in [-0.39, 0.29) is 18.9 Å². The van der Waals surface area contributed by atoms with Gasteiger partial charge in [-0.25, -0.2) is 9.78 Å². The molecule has 2 aromatic carbocycles. The van der Waals surface area contributed by atoms with Crippen molar-refractivity contribution in [1.82, 2.24) is 25.1 Å². The Morgan fingerprint density at radius 1 is 0.974 bits per heavy atom. The quantitative estimate of drug-likeness (QED) is 0.383. The average molecular weight is 538 g/mol. The number of hydrogen-bond acceptors (Lipinski definition) is 8. The van der Waals surface area contributed by atoms with E-state index >= 15 is 0 Å². The molecule has 1 aliphatic rings. The van der Waals surface area contributed by atoms with Crippen molar-refractivity contribution in [2.45, 2.75) is 25.6 Å². The molecular formula is C28H35N5O6. The van der Waals surface area contributed by atoms with Crippen LogP contribution < -0.4 is 19.5 Å². The Kier molecular flexibility index (Phi) is 9.63. The maximum Gasteiger partial charge on any atom is 0.408 e. The summed E-state index contributed by atoms with van der Waals surface area (Å²) in [5.41, 5.74) is 2.51. The van der Waals surface area contributed by atoms with Gasteiger partial charge >= 0.3 is 6.09 Å². The van der Waals surface area contributed by atoms with Crippen LogP contribution in [-0.4, -0.2) is 85.3 Å². The maximum atomic E-state index is 13.5. The zero-order valence-corrected chi connectivity index (χ0v) is 22.5. The second-order valence-electron chi connectivity index (χ2n) is 9.12. The molecule has 2 heterocycles. The standard InChI is InChI=1S/C28H35N5O6/c1-36-24-10-9-21(25(37-2)26(24)38-3)17-32-11-13-33(14-12-32)27(34)23(15-22-16-29-19-30-22)31-28(35)39-18-20-7-5-4-6-8-20/h4-10,16,19,23H,11-15,17-18H2,1-3H3,(H,29,30)(H,31,35). The van der Waals surface area contributed by atoms with Crippen molar-refractivity contribution in [1.29, 1.82) is 0 Å². The highest BCUT2D eigenvalue weighted by Crippen LogP contribution is 2.40. The number of piperazine rings is 1. The van der Waals surface area contributed by atoms with Crippen LogP contribution in [0.2, 0.25) is 0 Å². The fraction of sp³-hybridized carbons (Fsp3) is 0.393. The second kappa shape index (κ2) is 13.5. The Morgan fingerprint density at radius 3 is 2.36 bits per heavy atom. The number of alkyl carbamates (subject to hydrolysis) is 1. The number of hydrogen-bond donors (Lipinski definition) is 2. The molecule has 1 unspecified atom stereocenters. The van der Waals surface area contributed by atoms with Crippen molar-refractivity contribution < 1.29 is 28.5 Å². The predicted molar refractivity (Wildman–Crippen MR) is 144 cm³/mol. The molecule has 1 aromatic heterocycles. The van der Waals surface area contributed by atoms with Crippen molar-refractivity contribution in [2.75, 3.05) is 47.5 Å². The van der Waals surface area contributed by atoms with Gasteiger partial charge in [0.05, 0.1) is 33.4 Å². The van der Waals surface area contributed by atoms with Gasteiger partial charge in [0.15, 0.2) is 11.5 Å². The van der Waals surface area contributed by atoms with Gasteiger partial charge in [-0.05, 0) is 11.6 Å². The minimum absolute atomic E-state index is 0.119. The van der Waals surface area contributed by atoms with Gasteiger partial charge in [-0.1, -0.05) is 36.4 Å². The van der Waals surface area contributed by atoms with Gasteiger partial charge in [-0.3, -0.25) is 9.69 Å². The third-order valence-corrected chi connectivity index (χ3v) is 6.63. The highest BCUT2D eigenvalue weighted by molar-refractivity contribution is 5.86. The molecule has 208 valence electrons. The van der Waals surface area contributed by atoms with E-state index in [4.69, 9.17) is 18.9 Å². The first kappa shape index (κ1) is 27.8. The molecule has 1 saturated heterocycles. The Labute approximate surface area is 228 Å². The van der Waals surface area contributed by atoms with E-state index in [1.54, 1.807) is 38.8 Å². The zero-order chi connectivity index (χ0) is 27.6. The number of imidazole rings is 1. The number of rotatable bonds is 11. The van der Waals surface area contributed by atoms with Crippen LogP contribution in [-0.2, 0) is 29.1 Å². The number of ether oxygens (including phenoxy) is 4. The summed E-state index contributed by atoms with van der Waals surface area (Å²) in [6.07, 6.45) is 2.87. The monoisotopic (exact) mass is 537 g/mol. The molecule has 0 spiro atoms. The molecule has 4 rings (SSSR count). The van der Waals surface area contributed by atoms with Crippen molar-refractivity contribution in [2.24, 2.45) is 0 Å². The summed E-state index contributed by atoms with van der Waals surface area (Å²) >= 11 is 0. The van der Waals surface area contributed by atoms with Crippen LogP contribution in [0.15, 0.2) is 55.0 Å². The highest BCUT2D eigenvalue weighted by atomic mass is 16.5. The molecule has 0 saturated carbocycles. The van der Waals surface area contributed by atoms with Gasteiger partial charge in [0, 0.05) is 50.9 Å². The van der Waals surface area contributed by atoms with Crippen LogP contribution in [0, 0.1) is 0 Å². The Morgan fingerprint density at radius 2 is 1.72 bits per heavy atom. The third kappa shape index (κ3) is 7.20. The molecule has 2 amide bonds. The van der Waals surface area contributed by atoms with Crippen LogP contribution in [0.3, 0.4) is 0 Å². The van der Waals surface area contributed by atoms with Gasteiger partial charge in [0.25, 0.3) is 0 Å². The fourth-order valence-electron chi connectivity index (χ4n) is 4.59. The molecule has 11 nitrogen and oxygen atoms in total. The number of carbonyl (C=O) groups is 2. The number of amides is 2. The number of H-pyrrole nitrogens is 1. The van der Waals surface area contributed by atoms with Crippen molar-refractivity contribution in [3.05, 3.63) is 71.8 Å². The molecule has 39 heavy (non-hydrogen) atoms. The van der Waals surface area contributed by atoms with E-state index in [1.807, 2.05) is 42.5 Å². The number of aromatic amines is 1. The van der Waals surface area contributed by atoms with Gasteiger partial charge in [0.1, 0.15) is 12.6 Å². The molecule has 11 heteroatoms. The van der Waals surface area contributed by atoms with Crippen LogP contribution in [0.5, 0.6) is 17.2 Å². The first-order valence-corrected chi connectivity index (χ1v) is 12.8. The van der Waals surface area contributed by atoms with Gasteiger partial charge < -0.3 is 34.1 Å². The summed E-state index contributed by atoms with van der Waals surface area (Å²) in [6, 6.07) is 12.4. The number of carbonyl (C=O) groups excluding carboxylic acids is 2. The lowest BCUT2D eigenvalue weighted by molar-refractivity contribution is -0.135. The molecule has 0 bridgehead atoms. The first-order chi connectivity index (χ1) is 19.0. The third-order valence-electron chi connectivity index (χ3n) is 6.63. The molecule has 0 aliphatic carbocycles. The normalized spacial score (nSPS) is 14.4. The lowest BCUT2D eigenvalue weighted by Crippen LogP contribution is -2.55. The minimum Gasteiger partial charge on any atom is -0.493 e. The van der Waals surface area contributed by atoms with Gasteiger partial charge in [0.2, 0.25) is 11.7 Å². The SMILES string of the molecule is COc1ccc(CN2CCN(C(=O)C(Cc3c[nH]cn3)NC(=O)OCc3ccccc3)CC2)c(OC)c1OC. The molecule has 1 fully saturated rings. The smallest absolute Gasteiger partial charge is 0.408 e. The van der Waals surface area contributed by atoms with E-state index in [1.165, 1.54) is 0 Å². The molecule has 3 aromatic rings. The number of benzene rings is 2. The molecule has 2 N–H and O–H groups in total. The van der Waals surface area contributed by atoms with Crippen LogP contribution in [0.4, 0.5) is 4.79 Å². The summed E-state index contributed by atoms with van der Waals surface area (Å²) in [6.45, 7) is 3.12. The van der Waals surface area contributed by atoms with Crippen LogP contribution in [0.1, 0.15) is 16.8 Å². The lowest BCUT2D eigenvalue weighted by atomic mass is 10.1. The Bertz CT molecular complexity index is 1210. The fourth-order valence-corrected chi connectivity index (χ4v) is 4.59. The van der Waals surface area contributed by atoms with E-state index < -0.39 is 12.1 Å². The predicted octanol–water partition coefficient (Wildman–Crippen LogP) is 2.62. The topological polar surface area (TPSA) is 118 Å². The number of nitrogens with one attached hydrogen (secondary N) is 2. The van der Waals surface area contributed by atoms with Crippen LogP contribution in [0.25, 0.3) is 0 Å². The number of nitrogens with zero attached hydrogens (tertiary/aromatic N) is 3. The zero-order valence-electron chi connectivity index (χ0n) is 22.5. The van der Waals surface area contributed by atoms with E-state index in [9.17, 15) is 9.59 Å². The minimum atomic E-state index is -0.797. The maximum absolute atomic E-state index is 13.5. The Hall–Kier alpha value is -4.25. The van der Waals surface area contributed by atoms with Crippen LogP contribution >= 0.6 is 0 Å². The summed E-state index contributed by atoms with van der Waals surface area (Å²) in [4.78, 5) is 37.2. The second-order valence-corrected chi connectivity index (χ2v) is 9.12. The van der Waals surface area contributed by atoms with Crippen molar-refractivity contribution in [3.8, 4) is 17.2 Å². The van der Waals surface area contributed by atoms with Crippen molar-refractivity contribution >= 4 is 12.0 Å². The molecule has 1 aliphatic heterocycles. The first-order valence-electron chi connectivity index (χ1n) is 12.8. The summed E-state index contributed by atoms with van der Waals surface area (Å²) in [7, 11) is 4.78. The van der Waals surface area contributed by atoms with E-state index in [0.717, 1.165) is 11.1 Å². The highest BCUT2D eigenvalue weighted by Gasteiger charge is 2.30. The van der Waals surface area contributed by atoms with Gasteiger partial charge in [-0.15, -0.1) is 0 Å². The Balaban J connectivity index is 1.36. The lowest BCUT2D eigenvalue weighted by Gasteiger charge is -2.36. The summed E-state index contributed by atoms with van der Waals surface area (Å²) in [5.74, 6) is 1.62. The van der Waals surface area contributed by atoms with E-state index in [2.05, 4.69) is 20.2 Å².